The van der Waals surface area contributed by atoms with Gasteiger partial charge >= 0.3 is 20.8 Å². The normalized spacial score (nSPS) is 12.9. The summed E-state index contributed by atoms with van der Waals surface area (Å²) in [6, 6.07) is 0. The van der Waals surface area contributed by atoms with E-state index in [4.69, 9.17) is 9.11 Å². The Morgan fingerprint density at radius 2 is 1.07 bits per heavy atom. The Morgan fingerprint density at radius 3 is 1.33 bits per heavy atom. The quantitative estimate of drug-likeness (QED) is 0.403. The molecule has 0 amide bonds. The lowest BCUT2D eigenvalue weighted by Gasteiger charge is -2.02. The highest BCUT2D eigenvalue weighted by Gasteiger charge is 2.04. The average molecular weight is 266 g/mol. The molecule has 0 aromatic heterocycles. The van der Waals surface area contributed by atoms with Crippen LogP contribution in [0.15, 0.2) is 0 Å². The molecule has 0 spiro atoms. The van der Waals surface area contributed by atoms with Gasteiger partial charge in [-0.25, -0.2) is 8.37 Å². The molecular weight excluding hydrogens is 256 g/mol. The summed E-state index contributed by atoms with van der Waals surface area (Å²) in [5.41, 5.74) is 0. The van der Waals surface area contributed by atoms with E-state index >= 15 is 0 Å². The second kappa shape index (κ2) is 6.32. The SMILES string of the molecule is O=S(=O)(O)OCCOCCOS(=O)(=O)O. The third-order valence-corrected chi connectivity index (χ3v) is 1.85. The summed E-state index contributed by atoms with van der Waals surface area (Å²) in [5, 5.41) is 0. The predicted molar refractivity (Wildman–Crippen MR) is 45.8 cm³/mol. The maximum Gasteiger partial charge on any atom is 0.397 e. The lowest BCUT2D eigenvalue weighted by Crippen LogP contribution is -2.14. The van der Waals surface area contributed by atoms with Crippen LogP contribution in [0.3, 0.4) is 0 Å². The molecule has 11 heteroatoms. The molecule has 0 aliphatic carbocycles. The molecule has 2 N–H and O–H groups in total. The van der Waals surface area contributed by atoms with Crippen molar-refractivity contribution in [1.29, 1.82) is 0 Å². The highest BCUT2D eigenvalue weighted by atomic mass is 32.3. The first-order chi connectivity index (χ1) is 6.71. The van der Waals surface area contributed by atoms with Gasteiger partial charge in [0.15, 0.2) is 0 Å². The van der Waals surface area contributed by atoms with E-state index in [2.05, 4.69) is 13.1 Å². The zero-order valence-electron chi connectivity index (χ0n) is 7.40. The lowest BCUT2D eigenvalue weighted by atomic mass is 10.7. The second-order valence-corrected chi connectivity index (χ2v) is 4.29. The molecule has 0 saturated carbocycles. The van der Waals surface area contributed by atoms with Crippen LogP contribution in [0.5, 0.6) is 0 Å². The first-order valence-electron chi connectivity index (χ1n) is 3.52. The maximum absolute atomic E-state index is 9.99. The smallest absolute Gasteiger partial charge is 0.377 e. The minimum atomic E-state index is -4.49. The summed E-state index contributed by atoms with van der Waals surface area (Å²) in [7, 11) is -8.97. The largest absolute Gasteiger partial charge is 0.397 e. The van der Waals surface area contributed by atoms with Crippen molar-refractivity contribution in [2.75, 3.05) is 26.4 Å². The van der Waals surface area contributed by atoms with Crippen molar-refractivity contribution in [3.8, 4) is 0 Å². The van der Waals surface area contributed by atoms with Crippen molar-refractivity contribution in [2.24, 2.45) is 0 Å². The van der Waals surface area contributed by atoms with Gasteiger partial charge in [-0.05, 0) is 0 Å². The fourth-order valence-corrected chi connectivity index (χ4v) is 1.06. The molecule has 0 radical (unpaired) electrons. The van der Waals surface area contributed by atoms with E-state index in [0.717, 1.165) is 0 Å². The van der Waals surface area contributed by atoms with Crippen LogP contribution in [0, 0.1) is 0 Å². The Bertz CT molecular complexity index is 318. The molecule has 0 aliphatic heterocycles. The summed E-state index contributed by atoms with van der Waals surface area (Å²) in [6.07, 6.45) is 0. The van der Waals surface area contributed by atoms with Crippen molar-refractivity contribution in [1.82, 2.24) is 0 Å². The zero-order valence-corrected chi connectivity index (χ0v) is 9.03. The Labute approximate surface area is 86.8 Å². The van der Waals surface area contributed by atoms with Gasteiger partial charge in [0.1, 0.15) is 0 Å². The molecule has 0 bridgehead atoms. The van der Waals surface area contributed by atoms with Crippen LogP contribution in [0.4, 0.5) is 0 Å². The highest BCUT2D eigenvalue weighted by molar-refractivity contribution is 7.81. The molecule has 0 atom stereocenters. The Kier molecular flexibility index (Phi) is 6.19. The third-order valence-electron chi connectivity index (χ3n) is 0.920. The Morgan fingerprint density at radius 1 is 0.733 bits per heavy atom. The molecule has 0 unspecified atom stereocenters. The summed E-state index contributed by atoms with van der Waals surface area (Å²) in [5.74, 6) is 0. The van der Waals surface area contributed by atoms with Gasteiger partial charge in [0, 0.05) is 0 Å². The monoisotopic (exact) mass is 266 g/mol. The molecular formula is C4H10O9S2. The van der Waals surface area contributed by atoms with Crippen molar-refractivity contribution in [2.45, 2.75) is 0 Å². The minimum Gasteiger partial charge on any atom is -0.377 e. The summed E-state index contributed by atoms with van der Waals surface area (Å²) >= 11 is 0. The van der Waals surface area contributed by atoms with Gasteiger partial charge in [0.2, 0.25) is 0 Å². The van der Waals surface area contributed by atoms with Gasteiger partial charge in [0.05, 0.1) is 26.4 Å². The van der Waals surface area contributed by atoms with Crippen LogP contribution < -0.4 is 0 Å². The van der Waals surface area contributed by atoms with Crippen LogP contribution in [0.2, 0.25) is 0 Å². The van der Waals surface area contributed by atoms with Gasteiger partial charge in [-0.3, -0.25) is 9.11 Å². The Balaban J connectivity index is 3.34. The van der Waals surface area contributed by atoms with Crippen LogP contribution in [0.1, 0.15) is 0 Å². The molecule has 0 aromatic rings. The molecule has 15 heavy (non-hydrogen) atoms. The minimum absolute atomic E-state index is 0.186. The van der Waals surface area contributed by atoms with Crippen molar-refractivity contribution >= 4 is 20.8 Å². The molecule has 0 fully saturated rings. The van der Waals surface area contributed by atoms with Gasteiger partial charge < -0.3 is 4.74 Å². The van der Waals surface area contributed by atoms with E-state index in [-0.39, 0.29) is 13.2 Å². The molecule has 0 rings (SSSR count). The maximum atomic E-state index is 9.99. The van der Waals surface area contributed by atoms with Crippen LogP contribution >= 0.6 is 0 Å². The van der Waals surface area contributed by atoms with Gasteiger partial charge in [-0.2, -0.15) is 16.8 Å². The molecule has 0 heterocycles. The summed E-state index contributed by atoms with van der Waals surface area (Å²) in [6.45, 7) is -1.20. The molecule has 0 aromatic carbocycles. The fourth-order valence-electron chi connectivity index (χ4n) is 0.499. The first-order valence-corrected chi connectivity index (χ1v) is 6.25. The molecule has 0 aliphatic rings. The van der Waals surface area contributed by atoms with E-state index in [0.29, 0.717) is 0 Å². The highest BCUT2D eigenvalue weighted by Crippen LogP contribution is 1.88. The van der Waals surface area contributed by atoms with Crippen LogP contribution in [-0.4, -0.2) is 52.4 Å². The van der Waals surface area contributed by atoms with E-state index in [9.17, 15) is 16.8 Å². The van der Waals surface area contributed by atoms with E-state index in [1.165, 1.54) is 0 Å². The topological polar surface area (TPSA) is 136 Å². The third kappa shape index (κ3) is 13.7. The van der Waals surface area contributed by atoms with E-state index < -0.39 is 34.0 Å². The van der Waals surface area contributed by atoms with Gasteiger partial charge in [0.25, 0.3) is 0 Å². The fraction of sp³-hybridized carbons (Fsp3) is 1.00. The van der Waals surface area contributed by atoms with Crippen molar-refractivity contribution in [3.05, 3.63) is 0 Å². The summed E-state index contributed by atoms with van der Waals surface area (Å²) in [4.78, 5) is 0. The van der Waals surface area contributed by atoms with E-state index in [1.807, 2.05) is 0 Å². The number of hydrogen-bond donors (Lipinski definition) is 2. The lowest BCUT2D eigenvalue weighted by molar-refractivity contribution is 0.0734. The van der Waals surface area contributed by atoms with E-state index in [1.54, 1.807) is 0 Å². The number of rotatable bonds is 8. The van der Waals surface area contributed by atoms with Crippen molar-refractivity contribution < 1.29 is 39.0 Å². The van der Waals surface area contributed by atoms with Gasteiger partial charge in [-0.15, -0.1) is 0 Å². The molecule has 0 saturated heterocycles. The first kappa shape index (κ1) is 14.7. The Hall–Kier alpha value is -0.300. The molecule has 9 nitrogen and oxygen atoms in total. The number of hydrogen-bond acceptors (Lipinski definition) is 7. The van der Waals surface area contributed by atoms with Crippen LogP contribution in [-0.2, 0) is 33.9 Å². The molecule has 92 valence electrons. The average Bonchev–Trinajstić information content (AvgIpc) is 1.98. The standard InChI is InChI=1S/C4H10O9S2/c5-14(6,7)12-3-1-11-2-4-13-15(8,9)10/h1-4H2,(H,5,6,7)(H,8,9,10). The van der Waals surface area contributed by atoms with Gasteiger partial charge in [-0.1, -0.05) is 0 Å². The predicted octanol–water partition coefficient (Wildman–Crippen LogP) is -1.36. The van der Waals surface area contributed by atoms with Crippen molar-refractivity contribution in [3.63, 3.8) is 0 Å². The van der Waals surface area contributed by atoms with Crippen LogP contribution in [0.25, 0.3) is 0 Å². The summed E-state index contributed by atoms with van der Waals surface area (Å²) < 4.78 is 68.5. The number of ether oxygens (including phenoxy) is 1. The second-order valence-electron chi connectivity index (χ2n) is 2.11. The zero-order chi connectivity index (χ0) is 11.9.